The van der Waals surface area contributed by atoms with E-state index in [0.29, 0.717) is 12.5 Å². The molecule has 102 valence electrons. The van der Waals surface area contributed by atoms with E-state index >= 15 is 0 Å². The van der Waals surface area contributed by atoms with E-state index in [9.17, 15) is 5.11 Å². The molecule has 0 spiro atoms. The summed E-state index contributed by atoms with van der Waals surface area (Å²) in [5.41, 5.74) is 8.39. The zero-order valence-corrected chi connectivity index (χ0v) is 11.8. The molecule has 0 aromatic heterocycles. The van der Waals surface area contributed by atoms with E-state index in [1.807, 2.05) is 26.0 Å². The first-order chi connectivity index (χ1) is 8.51. The van der Waals surface area contributed by atoms with Crippen molar-refractivity contribution in [2.24, 2.45) is 17.6 Å². The number of aryl methyl sites for hydroxylation is 1. The lowest BCUT2D eigenvalue weighted by Crippen LogP contribution is -2.28. The van der Waals surface area contributed by atoms with Crippen LogP contribution in [-0.4, -0.2) is 18.3 Å². The average molecular weight is 251 g/mol. The fourth-order valence-corrected chi connectivity index (χ4v) is 2.18. The molecule has 2 atom stereocenters. The summed E-state index contributed by atoms with van der Waals surface area (Å²) in [5, 5.41) is 9.43. The number of benzene rings is 1. The molecule has 0 saturated heterocycles. The fraction of sp³-hybridized carbons (Fsp3) is 0.600. The summed E-state index contributed by atoms with van der Waals surface area (Å²) in [6.07, 6.45) is 0. The Bertz CT molecular complexity index is 377. The summed E-state index contributed by atoms with van der Waals surface area (Å²) in [5.74, 6) is 1.35. The highest BCUT2D eigenvalue weighted by molar-refractivity contribution is 5.37. The van der Waals surface area contributed by atoms with Gasteiger partial charge in [0.05, 0.1) is 6.61 Å². The maximum absolute atomic E-state index is 9.43. The monoisotopic (exact) mass is 251 g/mol. The van der Waals surface area contributed by atoms with Crippen LogP contribution >= 0.6 is 0 Å². The quantitative estimate of drug-likeness (QED) is 0.817. The van der Waals surface area contributed by atoms with Crippen molar-refractivity contribution in [2.75, 3.05) is 13.2 Å². The molecule has 1 rings (SSSR count). The normalized spacial score (nSPS) is 14.6. The van der Waals surface area contributed by atoms with Crippen molar-refractivity contribution < 1.29 is 9.84 Å². The minimum atomic E-state index is -0.135. The minimum absolute atomic E-state index is 0.0855. The number of aliphatic hydroxyl groups is 1. The van der Waals surface area contributed by atoms with Crippen LogP contribution < -0.4 is 10.5 Å². The van der Waals surface area contributed by atoms with Gasteiger partial charge in [-0.05, 0) is 37.0 Å². The molecule has 0 amide bonds. The predicted octanol–water partition coefficient (Wildman–Crippen LogP) is 2.66. The Balaban J connectivity index is 2.92. The zero-order chi connectivity index (χ0) is 13.7. The van der Waals surface area contributed by atoms with E-state index < -0.39 is 0 Å². The van der Waals surface area contributed by atoms with Crippen molar-refractivity contribution >= 4 is 0 Å². The third-order valence-electron chi connectivity index (χ3n) is 3.41. The predicted molar refractivity (Wildman–Crippen MR) is 74.7 cm³/mol. The molecule has 3 N–H and O–H groups in total. The van der Waals surface area contributed by atoms with Crippen molar-refractivity contribution in [3.05, 3.63) is 29.3 Å². The van der Waals surface area contributed by atoms with Gasteiger partial charge in [-0.15, -0.1) is 0 Å². The van der Waals surface area contributed by atoms with Gasteiger partial charge in [0.25, 0.3) is 0 Å². The van der Waals surface area contributed by atoms with Gasteiger partial charge < -0.3 is 15.6 Å². The summed E-state index contributed by atoms with van der Waals surface area (Å²) in [7, 11) is 0. The summed E-state index contributed by atoms with van der Waals surface area (Å²) in [4.78, 5) is 0. The van der Waals surface area contributed by atoms with E-state index in [1.54, 1.807) is 0 Å². The zero-order valence-electron chi connectivity index (χ0n) is 11.8. The number of rotatable bonds is 6. The Kier molecular flexibility index (Phi) is 5.63. The molecule has 0 saturated carbocycles. The van der Waals surface area contributed by atoms with Crippen molar-refractivity contribution in [1.82, 2.24) is 0 Å². The maximum Gasteiger partial charge on any atom is 0.122 e. The van der Waals surface area contributed by atoms with Crippen LogP contribution in [0.3, 0.4) is 0 Å². The molecule has 3 nitrogen and oxygen atoms in total. The van der Waals surface area contributed by atoms with Gasteiger partial charge in [0, 0.05) is 18.6 Å². The molecule has 1 aromatic carbocycles. The van der Waals surface area contributed by atoms with Crippen LogP contribution in [0.1, 0.15) is 37.9 Å². The van der Waals surface area contributed by atoms with Crippen LogP contribution in [0.2, 0.25) is 0 Å². The first-order valence-electron chi connectivity index (χ1n) is 6.61. The van der Waals surface area contributed by atoms with E-state index in [-0.39, 0.29) is 18.6 Å². The lowest BCUT2D eigenvalue weighted by Gasteiger charge is -2.26. The molecular formula is C15H25NO2. The Labute approximate surface area is 110 Å². The van der Waals surface area contributed by atoms with Crippen LogP contribution in [-0.2, 0) is 0 Å². The Hall–Kier alpha value is -1.06. The van der Waals surface area contributed by atoms with Gasteiger partial charge in [-0.3, -0.25) is 0 Å². The van der Waals surface area contributed by atoms with Gasteiger partial charge in [0.2, 0.25) is 0 Å². The van der Waals surface area contributed by atoms with Crippen LogP contribution in [0.15, 0.2) is 18.2 Å². The van der Waals surface area contributed by atoms with Crippen LogP contribution in [0.25, 0.3) is 0 Å². The molecule has 0 aliphatic rings. The minimum Gasteiger partial charge on any atom is -0.494 e. The summed E-state index contributed by atoms with van der Waals surface area (Å²) in [6.45, 7) is 8.94. The number of nitrogens with two attached hydrogens (primary N) is 1. The molecule has 0 radical (unpaired) electrons. The molecular weight excluding hydrogens is 226 g/mol. The Morgan fingerprint density at radius 2 is 2.00 bits per heavy atom. The van der Waals surface area contributed by atoms with Gasteiger partial charge in [-0.1, -0.05) is 26.0 Å². The van der Waals surface area contributed by atoms with Gasteiger partial charge >= 0.3 is 0 Å². The number of hydrogen-bond donors (Lipinski definition) is 2. The maximum atomic E-state index is 9.43. The van der Waals surface area contributed by atoms with Crippen molar-refractivity contribution in [2.45, 2.75) is 33.7 Å². The highest BCUT2D eigenvalue weighted by Gasteiger charge is 2.22. The third kappa shape index (κ3) is 3.47. The molecule has 18 heavy (non-hydrogen) atoms. The lowest BCUT2D eigenvalue weighted by molar-refractivity contribution is 0.166. The van der Waals surface area contributed by atoms with E-state index in [4.69, 9.17) is 10.5 Å². The second-order valence-corrected chi connectivity index (χ2v) is 5.07. The standard InChI is InChI=1S/C15H25NO2/c1-5-18-14-7-6-12(8-11(14)4)15(16)13(9-17)10(2)3/h6-8,10,13,15,17H,5,9,16H2,1-4H3. The lowest BCUT2D eigenvalue weighted by atomic mass is 9.85. The SMILES string of the molecule is CCOc1ccc(C(N)C(CO)C(C)C)cc1C. The van der Waals surface area contributed by atoms with Gasteiger partial charge in [0.1, 0.15) is 5.75 Å². The molecule has 0 heterocycles. The molecule has 2 unspecified atom stereocenters. The number of ether oxygens (including phenoxy) is 1. The van der Waals surface area contributed by atoms with E-state index in [2.05, 4.69) is 19.9 Å². The highest BCUT2D eigenvalue weighted by atomic mass is 16.5. The van der Waals surface area contributed by atoms with Crippen LogP contribution in [0.4, 0.5) is 0 Å². The average Bonchev–Trinajstić information content (AvgIpc) is 2.32. The van der Waals surface area contributed by atoms with Crippen molar-refractivity contribution in [1.29, 1.82) is 0 Å². The van der Waals surface area contributed by atoms with E-state index in [0.717, 1.165) is 16.9 Å². The largest absolute Gasteiger partial charge is 0.494 e. The Morgan fingerprint density at radius 1 is 1.33 bits per heavy atom. The van der Waals surface area contributed by atoms with Crippen LogP contribution in [0, 0.1) is 18.8 Å². The van der Waals surface area contributed by atoms with Crippen molar-refractivity contribution in [3.63, 3.8) is 0 Å². The molecule has 1 aromatic rings. The number of hydrogen-bond acceptors (Lipinski definition) is 3. The first-order valence-corrected chi connectivity index (χ1v) is 6.61. The molecule has 0 aliphatic heterocycles. The number of aliphatic hydroxyl groups excluding tert-OH is 1. The molecule has 0 aliphatic carbocycles. The highest BCUT2D eigenvalue weighted by Crippen LogP contribution is 2.28. The second kappa shape index (κ2) is 6.76. The summed E-state index contributed by atoms with van der Waals surface area (Å²) >= 11 is 0. The summed E-state index contributed by atoms with van der Waals surface area (Å²) in [6, 6.07) is 5.88. The summed E-state index contributed by atoms with van der Waals surface area (Å²) < 4.78 is 5.52. The molecule has 3 heteroatoms. The second-order valence-electron chi connectivity index (χ2n) is 5.07. The van der Waals surface area contributed by atoms with Gasteiger partial charge in [0.15, 0.2) is 0 Å². The van der Waals surface area contributed by atoms with Gasteiger partial charge in [-0.25, -0.2) is 0 Å². The Morgan fingerprint density at radius 3 is 2.44 bits per heavy atom. The first kappa shape index (κ1) is 15.0. The molecule has 0 bridgehead atoms. The van der Waals surface area contributed by atoms with E-state index in [1.165, 1.54) is 0 Å². The van der Waals surface area contributed by atoms with Crippen LogP contribution in [0.5, 0.6) is 5.75 Å². The molecule has 0 fully saturated rings. The van der Waals surface area contributed by atoms with Crippen molar-refractivity contribution in [3.8, 4) is 5.75 Å². The fourth-order valence-electron chi connectivity index (χ4n) is 2.18. The smallest absolute Gasteiger partial charge is 0.122 e. The topological polar surface area (TPSA) is 55.5 Å². The third-order valence-corrected chi connectivity index (χ3v) is 3.41. The van der Waals surface area contributed by atoms with Gasteiger partial charge in [-0.2, -0.15) is 0 Å².